The van der Waals surface area contributed by atoms with E-state index in [1.54, 1.807) is 39.0 Å². The topological polar surface area (TPSA) is 103 Å². The van der Waals surface area contributed by atoms with Gasteiger partial charge in [0.05, 0.1) is 17.0 Å². The van der Waals surface area contributed by atoms with Crippen LogP contribution in [0.3, 0.4) is 0 Å². The largest absolute Gasteiger partial charge is 0.459 e. The van der Waals surface area contributed by atoms with Gasteiger partial charge in [0, 0.05) is 15.6 Å². The molecule has 11 heteroatoms. The minimum Gasteiger partial charge on any atom is -0.459 e. The fourth-order valence-corrected chi connectivity index (χ4v) is 6.48. The smallest absolute Gasteiger partial charge is 0.327 e. The number of fused-ring (bicyclic) bond motifs is 1. The number of ether oxygens (including phenoxy) is 1. The number of benzene rings is 4. The average molecular weight is 625 g/mol. The van der Waals surface area contributed by atoms with Gasteiger partial charge in [-0.1, -0.05) is 76.9 Å². The number of nitrogens with zero attached hydrogens (tertiary/aromatic N) is 3. The second kappa shape index (κ2) is 11.8. The molecule has 0 spiro atoms. The highest BCUT2D eigenvalue weighted by Gasteiger charge is 2.30. The first kappa shape index (κ1) is 29.6. The number of hydrogen-bond acceptors (Lipinski definition) is 7. The van der Waals surface area contributed by atoms with Crippen molar-refractivity contribution in [2.24, 2.45) is 0 Å². The maximum Gasteiger partial charge on any atom is 0.327 e. The molecule has 0 radical (unpaired) electrons. The first-order valence-corrected chi connectivity index (χ1v) is 15.2. The SMILES string of the molecule is CC(C)(C)OC(=O)CN(c1ccc2cc(-c3noc(Cc4ccccc4)n3)ccc2c1)S(=O)(=O)c1cc(Cl)cc(Cl)c1. The lowest BCUT2D eigenvalue weighted by molar-refractivity contribution is -0.152. The van der Waals surface area contributed by atoms with Gasteiger partial charge < -0.3 is 9.26 Å². The van der Waals surface area contributed by atoms with Crippen molar-refractivity contribution in [2.75, 3.05) is 10.8 Å². The van der Waals surface area contributed by atoms with Crippen LogP contribution in [0, 0.1) is 0 Å². The molecule has 1 heterocycles. The van der Waals surface area contributed by atoms with E-state index in [1.807, 2.05) is 48.5 Å². The van der Waals surface area contributed by atoms with Crippen LogP contribution in [0.4, 0.5) is 5.69 Å². The molecule has 5 rings (SSSR count). The van der Waals surface area contributed by atoms with E-state index in [0.717, 1.165) is 26.2 Å². The van der Waals surface area contributed by atoms with Crippen LogP contribution in [0.5, 0.6) is 0 Å². The lowest BCUT2D eigenvalue weighted by atomic mass is 10.1. The summed E-state index contributed by atoms with van der Waals surface area (Å²) < 4.78 is 39.5. The highest BCUT2D eigenvalue weighted by atomic mass is 35.5. The fraction of sp³-hybridized carbons (Fsp3) is 0.194. The average Bonchev–Trinajstić information content (AvgIpc) is 3.38. The minimum absolute atomic E-state index is 0.151. The van der Waals surface area contributed by atoms with E-state index in [0.29, 0.717) is 18.1 Å². The van der Waals surface area contributed by atoms with Crippen LogP contribution in [-0.2, 0) is 26.0 Å². The molecule has 0 N–H and O–H groups in total. The second-order valence-corrected chi connectivity index (χ2v) is 13.4. The van der Waals surface area contributed by atoms with Crippen molar-refractivity contribution in [2.45, 2.75) is 37.7 Å². The summed E-state index contributed by atoms with van der Waals surface area (Å²) in [4.78, 5) is 17.2. The predicted molar refractivity (Wildman–Crippen MR) is 163 cm³/mol. The zero-order chi connectivity index (χ0) is 30.1. The predicted octanol–water partition coefficient (Wildman–Crippen LogP) is 7.32. The molecule has 0 amide bonds. The molecular weight excluding hydrogens is 597 g/mol. The number of carbonyl (C=O) groups excluding carboxylic acids is 1. The molecular formula is C31H27Cl2N3O5S. The molecule has 216 valence electrons. The third kappa shape index (κ3) is 6.92. The van der Waals surface area contributed by atoms with Crippen molar-refractivity contribution in [3.63, 3.8) is 0 Å². The number of anilines is 1. The van der Waals surface area contributed by atoms with Crippen LogP contribution < -0.4 is 4.31 Å². The van der Waals surface area contributed by atoms with Gasteiger partial charge in [0.1, 0.15) is 12.1 Å². The van der Waals surface area contributed by atoms with Crippen molar-refractivity contribution in [1.29, 1.82) is 0 Å². The number of carbonyl (C=O) groups is 1. The van der Waals surface area contributed by atoms with Crippen LogP contribution in [0.1, 0.15) is 32.2 Å². The number of rotatable bonds is 8. The first-order chi connectivity index (χ1) is 19.9. The Balaban J connectivity index is 1.48. The summed E-state index contributed by atoms with van der Waals surface area (Å²) in [6.45, 7) is 4.58. The van der Waals surface area contributed by atoms with E-state index >= 15 is 0 Å². The van der Waals surface area contributed by atoms with Crippen LogP contribution >= 0.6 is 23.2 Å². The van der Waals surface area contributed by atoms with Crippen molar-refractivity contribution in [3.8, 4) is 11.4 Å². The lowest BCUT2D eigenvalue weighted by Gasteiger charge is -2.26. The van der Waals surface area contributed by atoms with Gasteiger partial charge in [0.15, 0.2) is 0 Å². The normalized spacial score (nSPS) is 11.9. The molecule has 0 aliphatic rings. The molecule has 8 nitrogen and oxygen atoms in total. The maximum absolute atomic E-state index is 13.8. The quantitative estimate of drug-likeness (QED) is 0.167. The summed E-state index contributed by atoms with van der Waals surface area (Å²) >= 11 is 12.2. The van der Waals surface area contributed by atoms with Crippen LogP contribution in [0.2, 0.25) is 10.0 Å². The van der Waals surface area contributed by atoms with Gasteiger partial charge in [-0.3, -0.25) is 9.10 Å². The lowest BCUT2D eigenvalue weighted by Crippen LogP contribution is -2.39. The van der Waals surface area contributed by atoms with E-state index in [1.165, 1.54) is 18.2 Å². The molecule has 4 aromatic carbocycles. The van der Waals surface area contributed by atoms with Gasteiger partial charge in [0.2, 0.25) is 11.7 Å². The Labute approximate surface area is 253 Å². The van der Waals surface area contributed by atoms with Crippen LogP contribution in [-0.4, -0.2) is 36.7 Å². The number of sulfonamides is 1. The molecule has 0 aliphatic heterocycles. The third-order valence-corrected chi connectivity index (χ3v) is 8.34. The Bertz CT molecular complexity index is 1850. The zero-order valence-corrected chi connectivity index (χ0v) is 25.4. The van der Waals surface area contributed by atoms with E-state index in [4.69, 9.17) is 32.5 Å². The Morgan fingerprint density at radius 2 is 1.57 bits per heavy atom. The van der Waals surface area contributed by atoms with Gasteiger partial charge in [-0.25, -0.2) is 8.42 Å². The molecule has 0 aliphatic carbocycles. The van der Waals surface area contributed by atoms with Crippen molar-refractivity contribution in [1.82, 2.24) is 10.1 Å². The number of hydrogen-bond donors (Lipinski definition) is 0. The number of aromatic nitrogens is 2. The van der Waals surface area contributed by atoms with Gasteiger partial charge in [-0.05, 0) is 73.5 Å². The van der Waals surface area contributed by atoms with Gasteiger partial charge in [-0.2, -0.15) is 4.98 Å². The summed E-state index contributed by atoms with van der Waals surface area (Å²) in [5.74, 6) is 0.229. The van der Waals surface area contributed by atoms with Crippen molar-refractivity contribution >= 4 is 55.7 Å². The second-order valence-electron chi connectivity index (χ2n) is 10.6. The van der Waals surface area contributed by atoms with Gasteiger partial charge in [0.25, 0.3) is 10.0 Å². The standard InChI is InChI=1S/C31H27Cl2N3O5S/c1-31(2,3)40-29(37)19-36(42(38,39)27-17-24(32)16-25(33)18-27)26-12-11-21-14-23(10-9-22(21)15-26)30-34-28(41-35-30)13-20-7-5-4-6-8-20/h4-12,14-18H,13,19H2,1-3H3. The molecule has 0 fully saturated rings. The Kier molecular flexibility index (Phi) is 8.28. The molecule has 0 atom stereocenters. The van der Waals surface area contributed by atoms with Crippen molar-refractivity contribution < 1.29 is 22.5 Å². The summed E-state index contributed by atoms with van der Waals surface area (Å²) in [5, 5.41) is 5.98. The molecule has 0 saturated heterocycles. The Morgan fingerprint density at radius 1 is 0.905 bits per heavy atom. The molecule has 42 heavy (non-hydrogen) atoms. The van der Waals surface area contributed by atoms with Gasteiger partial charge in [-0.15, -0.1) is 0 Å². The number of halogens is 2. The van der Waals surface area contributed by atoms with Crippen LogP contribution in [0.25, 0.3) is 22.2 Å². The van der Waals surface area contributed by atoms with E-state index in [9.17, 15) is 13.2 Å². The molecule has 0 unspecified atom stereocenters. The fourth-order valence-electron chi connectivity index (χ4n) is 4.35. The van der Waals surface area contributed by atoms with E-state index in [-0.39, 0.29) is 20.6 Å². The third-order valence-electron chi connectivity index (χ3n) is 6.15. The summed E-state index contributed by atoms with van der Waals surface area (Å²) in [6, 6.07) is 24.5. The van der Waals surface area contributed by atoms with Crippen LogP contribution in [0.15, 0.2) is 94.3 Å². The summed E-state index contributed by atoms with van der Waals surface area (Å²) in [5.41, 5.74) is 1.26. The molecule has 0 saturated carbocycles. The zero-order valence-electron chi connectivity index (χ0n) is 23.0. The summed E-state index contributed by atoms with van der Waals surface area (Å²) in [6.07, 6.45) is 0.518. The summed E-state index contributed by atoms with van der Waals surface area (Å²) in [7, 11) is -4.26. The molecule has 1 aromatic heterocycles. The number of esters is 1. The maximum atomic E-state index is 13.8. The first-order valence-electron chi connectivity index (χ1n) is 13.0. The molecule has 5 aromatic rings. The Morgan fingerprint density at radius 3 is 2.26 bits per heavy atom. The molecule has 0 bridgehead atoms. The highest BCUT2D eigenvalue weighted by molar-refractivity contribution is 7.92. The van der Waals surface area contributed by atoms with Crippen molar-refractivity contribution in [3.05, 3.63) is 106 Å². The van der Waals surface area contributed by atoms with E-state index in [2.05, 4.69) is 10.1 Å². The monoisotopic (exact) mass is 623 g/mol. The Hall–Kier alpha value is -3.92. The van der Waals surface area contributed by atoms with E-state index < -0.39 is 28.1 Å². The minimum atomic E-state index is -4.26. The highest BCUT2D eigenvalue weighted by Crippen LogP contribution is 2.32. The van der Waals surface area contributed by atoms with Gasteiger partial charge >= 0.3 is 5.97 Å².